The SMILES string of the molecule is CCOCCCNC1CCN(C)CC1C. The van der Waals surface area contributed by atoms with E-state index in [2.05, 4.69) is 24.2 Å². The molecule has 0 saturated carbocycles. The molecule has 2 atom stereocenters. The van der Waals surface area contributed by atoms with Gasteiger partial charge in [0.25, 0.3) is 0 Å². The van der Waals surface area contributed by atoms with Crippen LogP contribution in [0, 0.1) is 5.92 Å². The highest BCUT2D eigenvalue weighted by Gasteiger charge is 2.22. The van der Waals surface area contributed by atoms with Crippen molar-refractivity contribution in [2.45, 2.75) is 32.7 Å². The molecule has 3 nitrogen and oxygen atoms in total. The van der Waals surface area contributed by atoms with Crippen LogP contribution in [0.1, 0.15) is 26.7 Å². The van der Waals surface area contributed by atoms with Crippen molar-refractivity contribution in [3.05, 3.63) is 0 Å². The molecular weight excluding hydrogens is 188 g/mol. The van der Waals surface area contributed by atoms with Crippen LogP contribution in [0.3, 0.4) is 0 Å². The van der Waals surface area contributed by atoms with Gasteiger partial charge in [0.2, 0.25) is 0 Å². The van der Waals surface area contributed by atoms with E-state index in [1.807, 2.05) is 6.92 Å². The van der Waals surface area contributed by atoms with Crippen molar-refractivity contribution < 1.29 is 4.74 Å². The minimum atomic E-state index is 0.711. The fourth-order valence-corrected chi connectivity index (χ4v) is 2.26. The van der Waals surface area contributed by atoms with E-state index in [1.54, 1.807) is 0 Å². The zero-order valence-electron chi connectivity index (χ0n) is 10.5. The molecule has 90 valence electrons. The van der Waals surface area contributed by atoms with Crippen LogP contribution in [0.2, 0.25) is 0 Å². The summed E-state index contributed by atoms with van der Waals surface area (Å²) < 4.78 is 5.32. The fraction of sp³-hybridized carbons (Fsp3) is 1.00. The zero-order chi connectivity index (χ0) is 11.1. The zero-order valence-corrected chi connectivity index (χ0v) is 10.5. The summed E-state index contributed by atoms with van der Waals surface area (Å²) in [5, 5.41) is 3.64. The first kappa shape index (κ1) is 12.9. The van der Waals surface area contributed by atoms with Crippen molar-refractivity contribution in [1.29, 1.82) is 0 Å². The summed E-state index contributed by atoms with van der Waals surface area (Å²) in [7, 11) is 2.21. The molecule has 1 fully saturated rings. The lowest BCUT2D eigenvalue weighted by molar-refractivity contribution is 0.138. The second-order valence-corrected chi connectivity index (χ2v) is 4.64. The van der Waals surface area contributed by atoms with Gasteiger partial charge in [0.15, 0.2) is 0 Å². The van der Waals surface area contributed by atoms with Gasteiger partial charge in [-0.05, 0) is 45.8 Å². The van der Waals surface area contributed by atoms with Crippen LogP contribution >= 0.6 is 0 Å². The number of rotatable bonds is 6. The van der Waals surface area contributed by atoms with Crippen molar-refractivity contribution in [2.75, 3.05) is 39.9 Å². The smallest absolute Gasteiger partial charge is 0.0477 e. The predicted molar refractivity (Wildman–Crippen MR) is 64.2 cm³/mol. The molecular formula is C12H26N2O. The molecule has 2 unspecified atom stereocenters. The van der Waals surface area contributed by atoms with E-state index < -0.39 is 0 Å². The van der Waals surface area contributed by atoms with Gasteiger partial charge < -0.3 is 15.0 Å². The lowest BCUT2D eigenvalue weighted by atomic mass is 9.94. The summed E-state index contributed by atoms with van der Waals surface area (Å²) in [4.78, 5) is 2.42. The number of nitrogens with one attached hydrogen (secondary N) is 1. The van der Waals surface area contributed by atoms with Crippen molar-refractivity contribution in [1.82, 2.24) is 10.2 Å². The topological polar surface area (TPSA) is 24.5 Å². The minimum absolute atomic E-state index is 0.711. The van der Waals surface area contributed by atoms with Crippen LogP contribution in [0.15, 0.2) is 0 Å². The average Bonchev–Trinajstić information content (AvgIpc) is 2.20. The standard InChI is InChI=1S/C12H26N2O/c1-4-15-9-5-7-13-12-6-8-14(3)10-11(12)2/h11-13H,4-10H2,1-3H3. The Hall–Kier alpha value is -0.120. The van der Waals surface area contributed by atoms with Gasteiger partial charge in [0.05, 0.1) is 0 Å². The normalized spacial score (nSPS) is 28.2. The van der Waals surface area contributed by atoms with Gasteiger partial charge in [-0.1, -0.05) is 6.92 Å². The lowest BCUT2D eigenvalue weighted by Crippen LogP contribution is -2.47. The van der Waals surface area contributed by atoms with Gasteiger partial charge >= 0.3 is 0 Å². The van der Waals surface area contributed by atoms with Crippen LogP contribution in [0.4, 0.5) is 0 Å². The Morgan fingerprint density at radius 1 is 1.47 bits per heavy atom. The Morgan fingerprint density at radius 2 is 2.27 bits per heavy atom. The maximum Gasteiger partial charge on any atom is 0.0477 e. The van der Waals surface area contributed by atoms with Crippen LogP contribution in [-0.2, 0) is 4.74 Å². The number of hydrogen-bond acceptors (Lipinski definition) is 3. The number of piperidine rings is 1. The van der Waals surface area contributed by atoms with Crippen molar-refractivity contribution in [3.8, 4) is 0 Å². The van der Waals surface area contributed by atoms with Crippen molar-refractivity contribution in [2.24, 2.45) is 5.92 Å². The molecule has 0 aliphatic carbocycles. The van der Waals surface area contributed by atoms with Crippen molar-refractivity contribution in [3.63, 3.8) is 0 Å². The van der Waals surface area contributed by atoms with E-state index in [1.165, 1.54) is 19.5 Å². The Labute approximate surface area is 94.2 Å². The second-order valence-electron chi connectivity index (χ2n) is 4.64. The van der Waals surface area contributed by atoms with Crippen LogP contribution in [0.5, 0.6) is 0 Å². The maximum atomic E-state index is 5.32. The molecule has 15 heavy (non-hydrogen) atoms. The first-order valence-corrected chi connectivity index (χ1v) is 6.23. The summed E-state index contributed by atoms with van der Waals surface area (Å²) >= 11 is 0. The summed E-state index contributed by atoms with van der Waals surface area (Å²) in [6.45, 7) is 9.67. The van der Waals surface area contributed by atoms with Crippen molar-refractivity contribution >= 4 is 0 Å². The van der Waals surface area contributed by atoms with E-state index in [4.69, 9.17) is 4.74 Å². The van der Waals surface area contributed by atoms with Crippen LogP contribution < -0.4 is 5.32 Å². The Morgan fingerprint density at radius 3 is 2.93 bits per heavy atom. The summed E-state index contributed by atoms with van der Waals surface area (Å²) in [6, 6.07) is 0.711. The first-order chi connectivity index (χ1) is 7.24. The minimum Gasteiger partial charge on any atom is -0.382 e. The molecule has 1 heterocycles. The third-order valence-corrected chi connectivity index (χ3v) is 3.18. The molecule has 0 aromatic rings. The second kappa shape index (κ2) is 7.20. The van der Waals surface area contributed by atoms with Gasteiger partial charge in [0.1, 0.15) is 0 Å². The van der Waals surface area contributed by atoms with Gasteiger partial charge in [-0.25, -0.2) is 0 Å². The molecule has 0 radical (unpaired) electrons. The van der Waals surface area contributed by atoms with Gasteiger partial charge in [-0.2, -0.15) is 0 Å². The highest BCUT2D eigenvalue weighted by atomic mass is 16.5. The molecule has 0 amide bonds. The molecule has 3 heteroatoms. The number of ether oxygens (including phenoxy) is 1. The highest BCUT2D eigenvalue weighted by Crippen LogP contribution is 2.14. The average molecular weight is 214 g/mol. The number of likely N-dealkylation sites (tertiary alicyclic amines) is 1. The molecule has 1 aliphatic rings. The van der Waals surface area contributed by atoms with Crippen LogP contribution in [-0.4, -0.2) is 50.8 Å². The molecule has 0 bridgehead atoms. The fourth-order valence-electron chi connectivity index (χ4n) is 2.26. The molecule has 0 aromatic heterocycles. The summed E-state index contributed by atoms with van der Waals surface area (Å²) in [5.74, 6) is 0.774. The van der Waals surface area contributed by atoms with Gasteiger partial charge in [-0.3, -0.25) is 0 Å². The molecule has 1 N–H and O–H groups in total. The number of hydrogen-bond donors (Lipinski definition) is 1. The largest absolute Gasteiger partial charge is 0.382 e. The Bertz CT molecular complexity index is 164. The molecule has 0 aromatic carbocycles. The third-order valence-electron chi connectivity index (χ3n) is 3.18. The third kappa shape index (κ3) is 4.96. The van der Waals surface area contributed by atoms with Crippen LogP contribution in [0.25, 0.3) is 0 Å². The van der Waals surface area contributed by atoms with E-state index >= 15 is 0 Å². The molecule has 1 saturated heterocycles. The lowest BCUT2D eigenvalue weighted by Gasteiger charge is -2.35. The Balaban J connectivity index is 2.05. The van der Waals surface area contributed by atoms with E-state index in [0.29, 0.717) is 6.04 Å². The molecule has 0 spiro atoms. The van der Waals surface area contributed by atoms with E-state index in [-0.39, 0.29) is 0 Å². The molecule has 1 aliphatic heterocycles. The Kier molecular flexibility index (Phi) is 6.22. The maximum absolute atomic E-state index is 5.32. The number of nitrogens with zero attached hydrogens (tertiary/aromatic N) is 1. The van der Waals surface area contributed by atoms with E-state index in [9.17, 15) is 0 Å². The van der Waals surface area contributed by atoms with E-state index in [0.717, 1.165) is 32.1 Å². The summed E-state index contributed by atoms with van der Waals surface area (Å²) in [5.41, 5.74) is 0. The van der Waals surface area contributed by atoms with Gasteiger partial charge in [0, 0.05) is 25.8 Å². The summed E-state index contributed by atoms with van der Waals surface area (Å²) in [6.07, 6.45) is 2.42. The quantitative estimate of drug-likeness (QED) is 0.675. The predicted octanol–water partition coefficient (Wildman–Crippen LogP) is 1.34. The monoisotopic (exact) mass is 214 g/mol. The van der Waals surface area contributed by atoms with Gasteiger partial charge in [-0.15, -0.1) is 0 Å². The highest BCUT2D eigenvalue weighted by molar-refractivity contribution is 4.81. The first-order valence-electron chi connectivity index (χ1n) is 6.23. The molecule has 1 rings (SSSR count).